The summed E-state index contributed by atoms with van der Waals surface area (Å²) in [5, 5.41) is 5.27. The molecule has 0 aliphatic rings. The lowest BCUT2D eigenvalue weighted by atomic mass is 10.1. The van der Waals surface area contributed by atoms with E-state index in [1.807, 2.05) is 49.6 Å². The van der Waals surface area contributed by atoms with Gasteiger partial charge in [0.2, 0.25) is 17.8 Å². The Hall–Kier alpha value is -2.12. The van der Waals surface area contributed by atoms with Crippen molar-refractivity contribution in [1.29, 1.82) is 0 Å². The van der Waals surface area contributed by atoms with E-state index < -0.39 is 6.04 Å². The number of anilines is 1. The van der Waals surface area contributed by atoms with Crippen molar-refractivity contribution in [3.05, 3.63) is 24.3 Å². The van der Waals surface area contributed by atoms with E-state index in [0.717, 1.165) is 11.0 Å². The SMILES string of the molecule is CCn1c(NC(=O)CNC(=O)[C@@H](N)C(C)C)nc2ccccc21.Cl. The van der Waals surface area contributed by atoms with Gasteiger partial charge in [-0.1, -0.05) is 26.0 Å². The first kappa shape index (κ1) is 19.9. The van der Waals surface area contributed by atoms with Crippen molar-refractivity contribution in [3.8, 4) is 0 Å². The third-order valence-corrected chi connectivity index (χ3v) is 3.67. The normalized spacial score (nSPS) is 11.9. The second-order valence-corrected chi connectivity index (χ2v) is 5.70. The van der Waals surface area contributed by atoms with Crippen LogP contribution >= 0.6 is 12.4 Å². The first-order valence-corrected chi connectivity index (χ1v) is 7.72. The van der Waals surface area contributed by atoms with Crippen molar-refractivity contribution in [1.82, 2.24) is 14.9 Å². The van der Waals surface area contributed by atoms with Crippen LogP contribution in [0.2, 0.25) is 0 Å². The number of carbonyl (C=O) groups excluding carboxylic acids is 2. The fraction of sp³-hybridized carbons (Fsp3) is 0.438. The summed E-state index contributed by atoms with van der Waals surface area (Å²) in [6.07, 6.45) is 0. The third-order valence-electron chi connectivity index (χ3n) is 3.67. The Morgan fingerprint density at radius 2 is 1.96 bits per heavy atom. The lowest BCUT2D eigenvalue weighted by Gasteiger charge is -2.15. The molecule has 0 aliphatic carbocycles. The molecule has 2 amide bonds. The molecule has 0 radical (unpaired) electrons. The number of nitrogens with zero attached hydrogens (tertiary/aromatic N) is 2. The van der Waals surface area contributed by atoms with E-state index in [9.17, 15) is 9.59 Å². The average Bonchev–Trinajstić information content (AvgIpc) is 2.88. The monoisotopic (exact) mass is 353 g/mol. The zero-order valence-electron chi connectivity index (χ0n) is 14.1. The number of fused-ring (bicyclic) bond motifs is 1. The number of rotatable bonds is 6. The van der Waals surface area contributed by atoms with Gasteiger partial charge < -0.3 is 15.6 Å². The van der Waals surface area contributed by atoms with Gasteiger partial charge >= 0.3 is 0 Å². The molecular formula is C16H24ClN5O2. The molecule has 7 nitrogen and oxygen atoms in total. The summed E-state index contributed by atoms with van der Waals surface area (Å²) in [6.45, 7) is 6.24. The molecule has 4 N–H and O–H groups in total. The Balaban J connectivity index is 0.00000288. The molecule has 0 aliphatic heterocycles. The van der Waals surface area contributed by atoms with E-state index in [0.29, 0.717) is 12.5 Å². The van der Waals surface area contributed by atoms with E-state index in [2.05, 4.69) is 15.6 Å². The van der Waals surface area contributed by atoms with Gasteiger partial charge in [0.1, 0.15) is 0 Å². The molecule has 0 bridgehead atoms. The van der Waals surface area contributed by atoms with Crippen molar-refractivity contribution < 1.29 is 9.59 Å². The summed E-state index contributed by atoms with van der Waals surface area (Å²) < 4.78 is 1.91. The first-order valence-electron chi connectivity index (χ1n) is 7.72. The lowest BCUT2D eigenvalue weighted by molar-refractivity contribution is -0.125. The number of aromatic nitrogens is 2. The predicted octanol–water partition coefficient (Wildman–Crippen LogP) is 1.52. The fourth-order valence-electron chi connectivity index (χ4n) is 2.25. The van der Waals surface area contributed by atoms with Crippen molar-refractivity contribution in [3.63, 3.8) is 0 Å². The van der Waals surface area contributed by atoms with E-state index in [1.165, 1.54) is 0 Å². The van der Waals surface area contributed by atoms with Crippen LogP contribution in [0.4, 0.5) is 5.95 Å². The molecular weight excluding hydrogens is 330 g/mol. The van der Waals surface area contributed by atoms with Gasteiger partial charge in [-0.15, -0.1) is 12.4 Å². The molecule has 24 heavy (non-hydrogen) atoms. The summed E-state index contributed by atoms with van der Waals surface area (Å²) >= 11 is 0. The van der Waals surface area contributed by atoms with Crippen LogP contribution < -0.4 is 16.4 Å². The average molecular weight is 354 g/mol. The molecule has 0 spiro atoms. The van der Waals surface area contributed by atoms with E-state index >= 15 is 0 Å². The number of halogens is 1. The number of amides is 2. The molecule has 1 aromatic heterocycles. The zero-order valence-corrected chi connectivity index (χ0v) is 14.9. The Bertz CT molecular complexity index is 714. The third kappa shape index (κ3) is 4.46. The highest BCUT2D eigenvalue weighted by Crippen LogP contribution is 2.19. The van der Waals surface area contributed by atoms with Crippen LogP contribution in [0.3, 0.4) is 0 Å². The summed E-state index contributed by atoms with van der Waals surface area (Å²) in [4.78, 5) is 28.2. The molecule has 0 fully saturated rings. The lowest BCUT2D eigenvalue weighted by Crippen LogP contribution is -2.46. The Labute approximate surface area is 147 Å². The van der Waals surface area contributed by atoms with Crippen molar-refractivity contribution in [2.24, 2.45) is 11.7 Å². The topological polar surface area (TPSA) is 102 Å². The smallest absolute Gasteiger partial charge is 0.246 e. The quantitative estimate of drug-likeness (QED) is 0.732. The van der Waals surface area contributed by atoms with Gasteiger partial charge in [-0.2, -0.15) is 0 Å². The minimum absolute atomic E-state index is 0. The Morgan fingerprint density at radius 3 is 2.58 bits per heavy atom. The second kappa shape index (κ2) is 8.65. The summed E-state index contributed by atoms with van der Waals surface area (Å²) in [7, 11) is 0. The highest BCUT2D eigenvalue weighted by atomic mass is 35.5. The van der Waals surface area contributed by atoms with Crippen molar-refractivity contribution in [2.45, 2.75) is 33.4 Å². The molecule has 8 heteroatoms. The van der Waals surface area contributed by atoms with E-state index in [1.54, 1.807) is 0 Å². The maximum absolute atomic E-state index is 12.0. The number of nitrogens with two attached hydrogens (primary N) is 1. The molecule has 1 heterocycles. The first-order chi connectivity index (χ1) is 10.9. The number of imidazole rings is 1. The molecule has 0 unspecified atom stereocenters. The Morgan fingerprint density at radius 1 is 1.29 bits per heavy atom. The molecule has 0 saturated carbocycles. The standard InChI is InChI=1S/C16H23N5O2.ClH/c1-4-21-12-8-6-5-7-11(12)19-16(21)20-13(22)9-18-15(23)14(17)10(2)3;/h5-8,10,14H,4,9,17H2,1-3H3,(H,18,23)(H,19,20,22);1H/t14-;/m0./s1. The summed E-state index contributed by atoms with van der Waals surface area (Å²) in [5.74, 6) is -0.179. The Kier molecular flexibility index (Phi) is 7.18. The second-order valence-electron chi connectivity index (χ2n) is 5.70. The van der Waals surface area contributed by atoms with Crippen LogP contribution in [-0.4, -0.2) is 34.0 Å². The fourth-order valence-corrected chi connectivity index (χ4v) is 2.25. The summed E-state index contributed by atoms with van der Waals surface area (Å²) in [6, 6.07) is 7.04. The van der Waals surface area contributed by atoms with Crippen LogP contribution in [0, 0.1) is 5.92 Å². The van der Waals surface area contributed by atoms with Gasteiger partial charge in [0, 0.05) is 6.54 Å². The molecule has 2 aromatic rings. The van der Waals surface area contributed by atoms with Gasteiger partial charge in [0.15, 0.2) is 0 Å². The molecule has 1 aromatic carbocycles. The van der Waals surface area contributed by atoms with Gasteiger partial charge in [0.05, 0.1) is 23.6 Å². The number of para-hydroxylation sites is 2. The summed E-state index contributed by atoms with van der Waals surface area (Å²) in [5.41, 5.74) is 7.51. The number of hydrogen-bond acceptors (Lipinski definition) is 4. The molecule has 0 saturated heterocycles. The maximum atomic E-state index is 12.0. The van der Waals surface area contributed by atoms with E-state index in [4.69, 9.17) is 5.73 Å². The van der Waals surface area contributed by atoms with E-state index in [-0.39, 0.29) is 36.7 Å². The number of aryl methyl sites for hydroxylation is 1. The zero-order chi connectivity index (χ0) is 17.0. The molecule has 2 rings (SSSR count). The van der Waals surface area contributed by atoms with Crippen LogP contribution in [0.15, 0.2) is 24.3 Å². The number of nitrogens with one attached hydrogen (secondary N) is 2. The molecule has 132 valence electrons. The van der Waals surface area contributed by atoms with Gasteiger partial charge in [0.25, 0.3) is 0 Å². The van der Waals surface area contributed by atoms with Crippen LogP contribution in [-0.2, 0) is 16.1 Å². The minimum Gasteiger partial charge on any atom is -0.346 e. The van der Waals surface area contributed by atoms with Gasteiger partial charge in [-0.25, -0.2) is 4.98 Å². The highest BCUT2D eigenvalue weighted by molar-refractivity contribution is 5.95. The number of benzene rings is 1. The highest BCUT2D eigenvalue weighted by Gasteiger charge is 2.18. The predicted molar refractivity (Wildman–Crippen MR) is 97.1 cm³/mol. The maximum Gasteiger partial charge on any atom is 0.246 e. The van der Waals surface area contributed by atoms with Gasteiger partial charge in [-0.05, 0) is 25.0 Å². The van der Waals surface area contributed by atoms with Crippen LogP contribution in [0.5, 0.6) is 0 Å². The van der Waals surface area contributed by atoms with Gasteiger partial charge in [-0.3, -0.25) is 14.9 Å². The minimum atomic E-state index is -0.622. The number of hydrogen-bond donors (Lipinski definition) is 3. The largest absolute Gasteiger partial charge is 0.346 e. The van der Waals surface area contributed by atoms with Crippen LogP contribution in [0.1, 0.15) is 20.8 Å². The number of carbonyl (C=O) groups is 2. The van der Waals surface area contributed by atoms with Crippen molar-refractivity contribution >= 4 is 41.2 Å². The van der Waals surface area contributed by atoms with Crippen LogP contribution in [0.25, 0.3) is 11.0 Å². The van der Waals surface area contributed by atoms with Crippen molar-refractivity contribution in [2.75, 3.05) is 11.9 Å². The molecule has 1 atom stereocenters.